The molecule has 0 saturated heterocycles. The van der Waals surface area contributed by atoms with Gasteiger partial charge in [0.1, 0.15) is 5.75 Å². The Morgan fingerprint density at radius 2 is 2.00 bits per heavy atom. The Labute approximate surface area is 117 Å². The van der Waals surface area contributed by atoms with Gasteiger partial charge in [-0.3, -0.25) is 10.1 Å². The van der Waals surface area contributed by atoms with E-state index in [0.717, 1.165) is 11.3 Å². The fourth-order valence-corrected chi connectivity index (χ4v) is 2.09. The van der Waals surface area contributed by atoms with Gasteiger partial charge in [-0.05, 0) is 24.1 Å². The second kappa shape index (κ2) is 6.16. The van der Waals surface area contributed by atoms with E-state index in [1.807, 2.05) is 24.3 Å². The Balaban J connectivity index is 2.23. The first kappa shape index (κ1) is 14.0. The highest BCUT2D eigenvalue weighted by atomic mass is 16.6. The molecule has 2 N–H and O–H groups in total. The van der Waals surface area contributed by atoms with E-state index in [1.165, 1.54) is 6.07 Å². The van der Waals surface area contributed by atoms with Crippen molar-refractivity contribution in [2.24, 2.45) is 5.73 Å². The first-order valence-corrected chi connectivity index (χ1v) is 6.23. The van der Waals surface area contributed by atoms with Crippen LogP contribution in [0.5, 0.6) is 5.75 Å². The van der Waals surface area contributed by atoms with Gasteiger partial charge in [0.2, 0.25) is 0 Å². The molecule has 0 aliphatic rings. The summed E-state index contributed by atoms with van der Waals surface area (Å²) in [5.74, 6) is 0.723. The lowest BCUT2D eigenvalue weighted by atomic mass is 9.98. The van der Waals surface area contributed by atoms with Gasteiger partial charge in [0, 0.05) is 17.7 Å². The number of hydrogen-bond acceptors (Lipinski definition) is 4. The molecular weight excluding hydrogens is 256 g/mol. The SMILES string of the molecule is COc1cccc(C(N)Cc2ccccc2[N+](=O)[O-])c1. The monoisotopic (exact) mass is 272 g/mol. The zero-order valence-corrected chi connectivity index (χ0v) is 11.2. The summed E-state index contributed by atoms with van der Waals surface area (Å²) in [6.45, 7) is 0. The highest BCUT2D eigenvalue weighted by Crippen LogP contribution is 2.25. The summed E-state index contributed by atoms with van der Waals surface area (Å²) < 4.78 is 5.15. The number of nitrogens with two attached hydrogens (primary N) is 1. The van der Waals surface area contributed by atoms with Gasteiger partial charge in [0.15, 0.2) is 0 Å². The Bertz CT molecular complexity index is 614. The molecule has 2 aromatic rings. The number of benzene rings is 2. The summed E-state index contributed by atoms with van der Waals surface area (Å²) in [6, 6.07) is 13.8. The highest BCUT2D eigenvalue weighted by Gasteiger charge is 2.16. The molecule has 0 saturated carbocycles. The number of rotatable bonds is 5. The quantitative estimate of drug-likeness (QED) is 0.670. The van der Waals surface area contributed by atoms with Crippen molar-refractivity contribution >= 4 is 5.69 Å². The third-order valence-electron chi connectivity index (χ3n) is 3.15. The smallest absolute Gasteiger partial charge is 0.272 e. The fraction of sp³-hybridized carbons (Fsp3) is 0.200. The van der Waals surface area contributed by atoms with Crippen LogP contribution in [0.3, 0.4) is 0 Å². The average molecular weight is 272 g/mol. The molecule has 20 heavy (non-hydrogen) atoms. The van der Waals surface area contributed by atoms with Gasteiger partial charge in [-0.25, -0.2) is 0 Å². The largest absolute Gasteiger partial charge is 0.497 e. The molecule has 1 atom stereocenters. The van der Waals surface area contributed by atoms with Gasteiger partial charge in [-0.2, -0.15) is 0 Å². The van der Waals surface area contributed by atoms with Crippen molar-refractivity contribution in [3.05, 3.63) is 69.8 Å². The van der Waals surface area contributed by atoms with E-state index in [1.54, 1.807) is 25.3 Å². The van der Waals surface area contributed by atoms with Gasteiger partial charge >= 0.3 is 0 Å². The molecule has 2 rings (SSSR count). The van der Waals surface area contributed by atoms with Gasteiger partial charge in [-0.1, -0.05) is 30.3 Å². The molecule has 5 nitrogen and oxygen atoms in total. The van der Waals surface area contributed by atoms with Crippen LogP contribution in [-0.2, 0) is 6.42 Å². The standard InChI is InChI=1S/C15H16N2O3/c1-20-13-7-4-6-11(9-13)14(16)10-12-5-2-3-8-15(12)17(18)19/h2-9,14H,10,16H2,1H3. The van der Waals surface area contributed by atoms with E-state index in [4.69, 9.17) is 10.5 Å². The van der Waals surface area contributed by atoms with E-state index in [0.29, 0.717) is 12.0 Å². The Morgan fingerprint density at radius 3 is 2.70 bits per heavy atom. The molecule has 1 unspecified atom stereocenters. The summed E-state index contributed by atoms with van der Waals surface area (Å²) in [5.41, 5.74) is 7.77. The maximum atomic E-state index is 11.0. The first-order valence-electron chi connectivity index (χ1n) is 6.23. The number of nitrogens with zero attached hydrogens (tertiary/aromatic N) is 1. The van der Waals surface area contributed by atoms with E-state index < -0.39 is 0 Å². The molecule has 0 aromatic heterocycles. The van der Waals surface area contributed by atoms with Crippen molar-refractivity contribution in [2.45, 2.75) is 12.5 Å². The summed E-state index contributed by atoms with van der Waals surface area (Å²) in [6.07, 6.45) is 0.407. The van der Waals surface area contributed by atoms with Crippen LogP contribution in [0.25, 0.3) is 0 Å². The van der Waals surface area contributed by atoms with E-state index >= 15 is 0 Å². The second-order valence-electron chi connectivity index (χ2n) is 4.47. The van der Waals surface area contributed by atoms with E-state index in [9.17, 15) is 10.1 Å². The van der Waals surface area contributed by atoms with Gasteiger partial charge in [0.25, 0.3) is 5.69 Å². The van der Waals surface area contributed by atoms with Crippen LogP contribution < -0.4 is 10.5 Å². The predicted molar refractivity (Wildman–Crippen MR) is 76.7 cm³/mol. The lowest BCUT2D eigenvalue weighted by molar-refractivity contribution is -0.385. The van der Waals surface area contributed by atoms with Crippen molar-refractivity contribution in [1.82, 2.24) is 0 Å². The molecule has 0 aliphatic heterocycles. The van der Waals surface area contributed by atoms with Crippen LogP contribution in [0.1, 0.15) is 17.2 Å². The van der Waals surface area contributed by atoms with Crippen molar-refractivity contribution in [3.8, 4) is 5.75 Å². The van der Waals surface area contributed by atoms with Gasteiger partial charge < -0.3 is 10.5 Å². The molecule has 0 aliphatic carbocycles. The molecule has 0 bridgehead atoms. The molecule has 0 spiro atoms. The molecule has 2 aromatic carbocycles. The molecule has 0 amide bonds. The Kier molecular flexibility index (Phi) is 4.32. The molecular formula is C15H16N2O3. The van der Waals surface area contributed by atoms with Crippen LogP contribution in [0, 0.1) is 10.1 Å². The lowest BCUT2D eigenvalue weighted by Gasteiger charge is -2.13. The average Bonchev–Trinajstić information content (AvgIpc) is 2.47. The molecule has 0 radical (unpaired) electrons. The van der Waals surface area contributed by atoms with Crippen molar-refractivity contribution in [2.75, 3.05) is 7.11 Å². The Hall–Kier alpha value is -2.40. The van der Waals surface area contributed by atoms with Crippen molar-refractivity contribution < 1.29 is 9.66 Å². The molecule has 0 heterocycles. The van der Waals surface area contributed by atoms with Crippen LogP contribution >= 0.6 is 0 Å². The summed E-state index contributed by atoms with van der Waals surface area (Å²) in [7, 11) is 1.59. The maximum absolute atomic E-state index is 11.0. The first-order chi connectivity index (χ1) is 9.61. The van der Waals surface area contributed by atoms with Crippen LogP contribution in [-0.4, -0.2) is 12.0 Å². The van der Waals surface area contributed by atoms with Crippen LogP contribution in [0.4, 0.5) is 5.69 Å². The fourth-order valence-electron chi connectivity index (χ4n) is 2.09. The molecule has 5 heteroatoms. The summed E-state index contributed by atoms with van der Waals surface area (Å²) in [5, 5.41) is 11.0. The van der Waals surface area contributed by atoms with Crippen LogP contribution in [0.15, 0.2) is 48.5 Å². The minimum atomic E-state index is -0.381. The zero-order valence-electron chi connectivity index (χ0n) is 11.2. The lowest BCUT2D eigenvalue weighted by Crippen LogP contribution is -2.14. The Morgan fingerprint density at radius 1 is 1.25 bits per heavy atom. The number of hydrogen-bond donors (Lipinski definition) is 1. The molecule has 104 valence electrons. The van der Waals surface area contributed by atoms with Gasteiger partial charge in [-0.15, -0.1) is 0 Å². The van der Waals surface area contributed by atoms with E-state index in [2.05, 4.69) is 0 Å². The third kappa shape index (κ3) is 3.13. The maximum Gasteiger partial charge on any atom is 0.272 e. The summed E-state index contributed by atoms with van der Waals surface area (Å²) in [4.78, 5) is 10.6. The van der Waals surface area contributed by atoms with Crippen molar-refractivity contribution in [3.63, 3.8) is 0 Å². The normalized spacial score (nSPS) is 11.9. The number of nitro groups is 1. The topological polar surface area (TPSA) is 78.4 Å². The van der Waals surface area contributed by atoms with Gasteiger partial charge in [0.05, 0.1) is 12.0 Å². The predicted octanol–water partition coefficient (Wildman–Crippen LogP) is 2.85. The number of methoxy groups -OCH3 is 1. The summed E-state index contributed by atoms with van der Waals surface area (Å²) >= 11 is 0. The van der Waals surface area contributed by atoms with Crippen LogP contribution in [0.2, 0.25) is 0 Å². The second-order valence-corrected chi connectivity index (χ2v) is 4.47. The minimum Gasteiger partial charge on any atom is -0.497 e. The third-order valence-corrected chi connectivity index (χ3v) is 3.15. The number of ether oxygens (including phenoxy) is 1. The number of nitro benzene ring substituents is 1. The molecule has 0 fully saturated rings. The minimum absolute atomic E-state index is 0.103. The van der Waals surface area contributed by atoms with Crippen molar-refractivity contribution in [1.29, 1.82) is 0 Å². The van der Waals surface area contributed by atoms with E-state index in [-0.39, 0.29) is 16.7 Å². The zero-order chi connectivity index (χ0) is 14.5. The number of para-hydroxylation sites is 1. The highest BCUT2D eigenvalue weighted by molar-refractivity contribution is 5.41.